The first-order chi connectivity index (χ1) is 20.3. The minimum Gasteiger partial charge on any atom is -0.352 e. The summed E-state index contributed by atoms with van der Waals surface area (Å²) >= 11 is 3.42. The van der Waals surface area contributed by atoms with Crippen molar-refractivity contribution >= 4 is 56.5 Å². The Balaban J connectivity index is 1.53. The first-order valence-electron chi connectivity index (χ1n) is 13.4. The summed E-state index contributed by atoms with van der Waals surface area (Å²) in [6.07, 6.45) is 3.82. The number of nitrogens with zero attached hydrogens (tertiary/aromatic N) is 2. The molecule has 3 aliphatic heterocycles. The van der Waals surface area contributed by atoms with Crippen molar-refractivity contribution in [3.8, 4) is 0 Å². The summed E-state index contributed by atoms with van der Waals surface area (Å²) in [4.78, 5) is 56.7. The summed E-state index contributed by atoms with van der Waals surface area (Å²) in [5.41, 5.74) is 1.53. The molecule has 42 heavy (non-hydrogen) atoms. The van der Waals surface area contributed by atoms with E-state index in [9.17, 15) is 24.5 Å². The molecule has 0 bridgehead atoms. The van der Waals surface area contributed by atoms with Gasteiger partial charge in [-0.15, -0.1) is 0 Å². The van der Waals surface area contributed by atoms with Gasteiger partial charge in [0.15, 0.2) is 11.6 Å². The van der Waals surface area contributed by atoms with Gasteiger partial charge >= 0.3 is 0 Å². The van der Waals surface area contributed by atoms with Gasteiger partial charge in [0.05, 0.1) is 16.9 Å². The highest BCUT2D eigenvalue weighted by Crippen LogP contribution is 2.58. The van der Waals surface area contributed by atoms with Gasteiger partial charge in [-0.3, -0.25) is 24.5 Å². The smallest absolute Gasteiger partial charge is 0.270 e. The molecule has 9 heteroatoms. The number of rotatable bonds is 5. The molecular formula is C33H22BrN3O5. The summed E-state index contributed by atoms with van der Waals surface area (Å²) in [6.45, 7) is 0. The summed E-state index contributed by atoms with van der Waals surface area (Å²) in [6, 6.07) is 25.3. The number of hydrogen-bond acceptors (Lipinski definition) is 6. The third-order valence-electron chi connectivity index (χ3n) is 8.56. The number of non-ortho nitro benzene ring substituents is 1. The molecule has 4 aromatic rings. The van der Waals surface area contributed by atoms with Crippen LogP contribution in [-0.4, -0.2) is 34.5 Å². The predicted molar refractivity (Wildman–Crippen MR) is 162 cm³/mol. The third kappa shape index (κ3) is 3.63. The van der Waals surface area contributed by atoms with E-state index in [1.807, 2.05) is 59.5 Å². The molecule has 3 heterocycles. The number of fused-ring (bicyclic) bond motifs is 6. The lowest BCUT2D eigenvalue weighted by atomic mass is 9.64. The van der Waals surface area contributed by atoms with E-state index in [2.05, 4.69) is 21.2 Å². The molecule has 0 aliphatic carbocycles. The summed E-state index contributed by atoms with van der Waals surface area (Å²) < 4.78 is 0.780. The van der Waals surface area contributed by atoms with Gasteiger partial charge in [0.25, 0.3) is 5.69 Å². The monoisotopic (exact) mass is 619 g/mol. The highest BCUT2D eigenvalue weighted by Gasteiger charge is 2.70. The lowest BCUT2D eigenvalue weighted by Gasteiger charge is -2.37. The second-order valence-electron chi connectivity index (χ2n) is 10.6. The molecule has 7 rings (SSSR count). The second kappa shape index (κ2) is 9.60. The van der Waals surface area contributed by atoms with Gasteiger partial charge in [0, 0.05) is 39.1 Å². The predicted octanol–water partition coefficient (Wildman–Crippen LogP) is 6.21. The number of nitro benzene ring substituents is 1. The van der Waals surface area contributed by atoms with Crippen molar-refractivity contribution < 1.29 is 19.3 Å². The Morgan fingerprint density at radius 1 is 0.881 bits per heavy atom. The Morgan fingerprint density at radius 3 is 2.40 bits per heavy atom. The Labute approximate surface area is 248 Å². The van der Waals surface area contributed by atoms with Crippen molar-refractivity contribution in [1.82, 2.24) is 0 Å². The third-order valence-corrected chi connectivity index (χ3v) is 9.09. The fourth-order valence-electron chi connectivity index (χ4n) is 6.86. The van der Waals surface area contributed by atoms with E-state index in [0.29, 0.717) is 22.5 Å². The molecule has 1 fully saturated rings. The number of nitro groups is 1. The van der Waals surface area contributed by atoms with Crippen LogP contribution in [0.5, 0.6) is 0 Å². The van der Waals surface area contributed by atoms with Crippen LogP contribution in [0.3, 0.4) is 0 Å². The average molecular weight is 620 g/mol. The number of carbonyl (C=O) groups excluding carboxylic acids is 3. The van der Waals surface area contributed by atoms with Crippen molar-refractivity contribution in [1.29, 1.82) is 0 Å². The molecule has 1 spiro atoms. The molecule has 8 nitrogen and oxygen atoms in total. The van der Waals surface area contributed by atoms with Crippen LogP contribution in [0.15, 0.2) is 108 Å². The van der Waals surface area contributed by atoms with E-state index < -0.39 is 34.1 Å². The minimum absolute atomic E-state index is 0.0948. The zero-order valence-corrected chi connectivity index (χ0v) is 23.5. The number of benzene rings is 4. The lowest BCUT2D eigenvalue weighted by molar-refractivity contribution is -0.384. The maximum absolute atomic E-state index is 14.7. The zero-order valence-electron chi connectivity index (χ0n) is 21.9. The van der Waals surface area contributed by atoms with E-state index in [1.165, 1.54) is 24.3 Å². The van der Waals surface area contributed by atoms with Gasteiger partial charge < -0.3 is 10.2 Å². The maximum Gasteiger partial charge on any atom is 0.270 e. The SMILES string of the molecule is O=C(c1cccc([N+](=O)[O-])c1)C1C(C(=O)c2ccc(Br)cc2)C2(C(=O)Nc3ccccc32)C2C=Cc3ccccc3N12. The summed E-state index contributed by atoms with van der Waals surface area (Å²) in [5, 5.41) is 14.6. The Kier molecular flexibility index (Phi) is 5.95. The summed E-state index contributed by atoms with van der Waals surface area (Å²) in [5.74, 6) is -2.36. The first kappa shape index (κ1) is 26.0. The van der Waals surface area contributed by atoms with Gasteiger partial charge in [0.1, 0.15) is 11.5 Å². The van der Waals surface area contributed by atoms with Crippen LogP contribution in [0.4, 0.5) is 17.1 Å². The van der Waals surface area contributed by atoms with E-state index in [-0.39, 0.29) is 22.9 Å². The molecule has 3 aliphatic rings. The number of hydrogen-bond donors (Lipinski definition) is 1. The molecule has 206 valence electrons. The van der Waals surface area contributed by atoms with Crippen molar-refractivity contribution in [3.05, 3.63) is 140 Å². The highest BCUT2D eigenvalue weighted by atomic mass is 79.9. The van der Waals surface area contributed by atoms with Crippen LogP contribution in [0, 0.1) is 16.0 Å². The van der Waals surface area contributed by atoms with Gasteiger partial charge in [0.2, 0.25) is 5.91 Å². The molecule has 1 amide bonds. The van der Waals surface area contributed by atoms with Gasteiger partial charge in [-0.25, -0.2) is 0 Å². The number of Topliss-reactive ketones (excluding diaryl/α,β-unsaturated/α-hetero) is 2. The molecule has 0 saturated carbocycles. The van der Waals surface area contributed by atoms with Gasteiger partial charge in [-0.05, 0) is 35.4 Å². The highest BCUT2D eigenvalue weighted by molar-refractivity contribution is 9.10. The molecule has 4 unspecified atom stereocenters. The van der Waals surface area contributed by atoms with Crippen LogP contribution < -0.4 is 10.2 Å². The normalized spacial score (nSPS) is 23.2. The standard InChI is InChI=1S/C33H22BrN3O5/c34-22-15-12-20(13-16-22)30(38)28-29(31(39)21-7-5-8-23(18-21)37(41)42)36-26-11-4-1-6-19(26)14-17-27(36)33(28)24-9-2-3-10-25(24)35-32(33)40/h1-18,27-29H,(H,35,40). The molecule has 0 radical (unpaired) electrons. The van der Waals surface area contributed by atoms with Crippen LogP contribution in [0.25, 0.3) is 6.08 Å². The molecule has 4 atom stereocenters. The minimum atomic E-state index is -1.45. The largest absolute Gasteiger partial charge is 0.352 e. The van der Waals surface area contributed by atoms with Gasteiger partial charge in [-0.1, -0.05) is 88.7 Å². The molecular weight excluding hydrogens is 598 g/mol. The molecule has 1 saturated heterocycles. The number of ketones is 2. The number of para-hydroxylation sites is 2. The van der Waals surface area contributed by atoms with Crippen molar-refractivity contribution in [3.63, 3.8) is 0 Å². The number of carbonyl (C=O) groups is 3. The fraction of sp³-hybridized carbons (Fsp3) is 0.121. The van der Waals surface area contributed by atoms with Crippen molar-refractivity contribution in [2.75, 3.05) is 10.2 Å². The van der Waals surface area contributed by atoms with E-state index in [4.69, 9.17) is 0 Å². The lowest BCUT2D eigenvalue weighted by Crippen LogP contribution is -2.51. The Hall–Kier alpha value is -4.89. The zero-order chi connectivity index (χ0) is 29.2. The number of anilines is 2. The van der Waals surface area contributed by atoms with E-state index >= 15 is 0 Å². The molecule has 0 aromatic heterocycles. The van der Waals surface area contributed by atoms with E-state index in [1.54, 1.807) is 30.3 Å². The molecule has 4 aromatic carbocycles. The first-order valence-corrected chi connectivity index (χ1v) is 14.2. The van der Waals surface area contributed by atoms with Crippen LogP contribution in [0.2, 0.25) is 0 Å². The van der Waals surface area contributed by atoms with E-state index in [0.717, 1.165) is 10.0 Å². The quantitative estimate of drug-likeness (QED) is 0.161. The number of amides is 1. The fourth-order valence-corrected chi connectivity index (χ4v) is 7.12. The van der Waals surface area contributed by atoms with Crippen LogP contribution >= 0.6 is 15.9 Å². The Morgan fingerprint density at radius 2 is 1.62 bits per heavy atom. The summed E-state index contributed by atoms with van der Waals surface area (Å²) in [7, 11) is 0. The number of nitrogens with one attached hydrogen (secondary N) is 1. The van der Waals surface area contributed by atoms with Crippen molar-refractivity contribution in [2.24, 2.45) is 5.92 Å². The molecule has 1 N–H and O–H groups in total. The maximum atomic E-state index is 14.7. The van der Waals surface area contributed by atoms with Crippen LogP contribution in [-0.2, 0) is 10.2 Å². The Bertz CT molecular complexity index is 1850. The number of halogens is 1. The second-order valence-corrected chi connectivity index (χ2v) is 11.5. The van der Waals surface area contributed by atoms with Gasteiger partial charge in [-0.2, -0.15) is 0 Å². The van der Waals surface area contributed by atoms with Crippen molar-refractivity contribution in [2.45, 2.75) is 17.5 Å². The average Bonchev–Trinajstić information content (AvgIpc) is 3.49. The topological polar surface area (TPSA) is 110 Å². The van der Waals surface area contributed by atoms with Crippen LogP contribution in [0.1, 0.15) is 31.8 Å².